The van der Waals surface area contributed by atoms with E-state index in [-0.39, 0.29) is 18.6 Å². The van der Waals surface area contributed by atoms with Crippen LogP contribution in [0.3, 0.4) is 0 Å². The van der Waals surface area contributed by atoms with E-state index in [1.54, 1.807) is 7.11 Å². The van der Waals surface area contributed by atoms with Crippen LogP contribution in [-0.2, 0) is 9.53 Å². The zero-order chi connectivity index (χ0) is 12.0. The van der Waals surface area contributed by atoms with Crippen molar-refractivity contribution in [2.24, 2.45) is 5.73 Å². The highest BCUT2D eigenvalue weighted by atomic mass is 16.5. The fourth-order valence-electron chi connectivity index (χ4n) is 1.62. The van der Waals surface area contributed by atoms with Crippen LogP contribution >= 0.6 is 0 Å². The molecule has 0 spiro atoms. The van der Waals surface area contributed by atoms with Gasteiger partial charge in [0.15, 0.2) is 0 Å². The summed E-state index contributed by atoms with van der Waals surface area (Å²) in [6, 6.07) is 9.27. The first-order valence-electron chi connectivity index (χ1n) is 5.18. The first kappa shape index (κ1) is 12.7. The number of rotatable bonds is 6. The molecular formula is C12H17NO3. The average molecular weight is 223 g/mol. The third-order valence-electron chi connectivity index (χ3n) is 2.41. The van der Waals surface area contributed by atoms with Crippen molar-refractivity contribution in [1.29, 1.82) is 0 Å². The van der Waals surface area contributed by atoms with E-state index in [4.69, 9.17) is 15.6 Å². The number of benzene rings is 1. The van der Waals surface area contributed by atoms with Gasteiger partial charge in [-0.15, -0.1) is 0 Å². The second-order valence-electron chi connectivity index (χ2n) is 3.73. The van der Waals surface area contributed by atoms with Crippen molar-refractivity contribution in [1.82, 2.24) is 0 Å². The molecule has 0 amide bonds. The van der Waals surface area contributed by atoms with Gasteiger partial charge in [-0.3, -0.25) is 4.79 Å². The number of carbonyl (C=O) groups is 1. The Bertz CT molecular complexity index is 326. The van der Waals surface area contributed by atoms with Crippen molar-refractivity contribution in [3.05, 3.63) is 35.9 Å². The molecule has 1 rings (SSSR count). The number of hydrogen-bond donors (Lipinski definition) is 2. The van der Waals surface area contributed by atoms with E-state index in [1.165, 1.54) is 0 Å². The van der Waals surface area contributed by atoms with E-state index < -0.39 is 5.97 Å². The molecule has 0 aliphatic rings. The Hall–Kier alpha value is -1.39. The number of hydrogen-bond acceptors (Lipinski definition) is 3. The zero-order valence-electron chi connectivity index (χ0n) is 9.30. The van der Waals surface area contributed by atoms with Gasteiger partial charge in [-0.25, -0.2) is 0 Å². The van der Waals surface area contributed by atoms with Crippen molar-refractivity contribution in [3.63, 3.8) is 0 Å². The maximum absolute atomic E-state index is 10.5. The number of nitrogens with two attached hydrogens (primary N) is 1. The first-order chi connectivity index (χ1) is 7.63. The van der Waals surface area contributed by atoms with E-state index in [0.717, 1.165) is 5.56 Å². The third kappa shape index (κ3) is 4.00. The molecule has 0 aromatic heterocycles. The Morgan fingerprint density at radius 2 is 2.06 bits per heavy atom. The number of carboxylic acid groups (broad SMARTS) is 1. The third-order valence-corrected chi connectivity index (χ3v) is 2.41. The predicted molar refractivity (Wildman–Crippen MR) is 61.0 cm³/mol. The quantitative estimate of drug-likeness (QED) is 0.767. The molecule has 3 N–H and O–H groups in total. The summed E-state index contributed by atoms with van der Waals surface area (Å²) in [5.74, 6) is -0.879. The number of ether oxygens (including phenoxy) is 1. The Morgan fingerprint density at radius 3 is 2.56 bits per heavy atom. The lowest BCUT2D eigenvalue weighted by Gasteiger charge is -2.19. The van der Waals surface area contributed by atoms with E-state index in [1.807, 2.05) is 30.3 Å². The van der Waals surface area contributed by atoms with Gasteiger partial charge in [0, 0.05) is 13.2 Å². The van der Waals surface area contributed by atoms with E-state index >= 15 is 0 Å². The van der Waals surface area contributed by atoms with Crippen LogP contribution in [0.2, 0.25) is 0 Å². The predicted octanol–water partition coefficient (Wildman–Crippen LogP) is 1.57. The van der Waals surface area contributed by atoms with Crippen LogP contribution in [-0.4, -0.2) is 24.2 Å². The highest BCUT2D eigenvalue weighted by Gasteiger charge is 2.16. The highest BCUT2D eigenvalue weighted by molar-refractivity contribution is 5.67. The lowest BCUT2D eigenvalue weighted by molar-refractivity contribution is -0.137. The van der Waals surface area contributed by atoms with E-state index in [0.29, 0.717) is 6.42 Å². The summed E-state index contributed by atoms with van der Waals surface area (Å²) < 4.78 is 5.32. The van der Waals surface area contributed by atoms with Crippen LogP contribution in [0, 0.1) is 0 Å². The zero-order valence-corrected chi connectivity index (χ0v) is 9.30. The van der Waals surface area contributed by atoms with Crippen LogP contribution in [0.25, 0.3) is 0 Å². The van der Waals surface area contributed by atoms with Crippen molar-refractivity contribution in [2.75, 3.05) is 7.11 Å². The summed E-state index contributed by atoms with van der Waals surface area (Å²) >= 11 is 0. The molecule has 88 valence electrons. The minimum Gasteiger partial charge on any atom is -0.481 e. The Labute approximate surface area is 95.0 Å². The lowest BCUT2D eigenvalue weighted by Crippen LogP contribution is -2.26. The molecule has 0 saturated carbocycles. The van der Waals surface area contributed by atoms with Gasteiger partial charge in [-0.2, -0.15) is 0 Å². The van der Waals surface area contributed by atoms with Gasteiger partial charge >= 0.3 is 5.97 Å². The SMILES string of the molecule is COC(CC(N)CC(=O)O)c1ccccc1. The molecule has 0 saturated heterocycles. The first-order valence-corrected chi connectivity index (χ1v) is 5.18. The average Bonchev–Trinajstić information content (AvgIpc) is 2.26. The van der Waals surface area contributed by atoms with Gasteiger partial charge in [-0.05, 0) is 12.0 Å². The topological polar surface area (TPSA) is 72.5 Å². The Morgan fingerprint density at radius 1 is 1.44 bits per heavy atom. The minimum atomic E-state index is -0.879. The van der Waals surface area contributed by atoms with Gasteiger partial charge in [0.2, 0.25) is 0 Å². The second kappa shape index (κ2) is 6.25. The molecule has 2 unspecified atom stereocenters. The standard InChI is InChI=1S/C12H17NO3/c1-16-11(7-10(13)8-12(14)15)9-5-3-2-4-6-9/h2-6,10-11H,7-8,13H2,1H3,(H,14,15). The fraction of sp³-hybridized carbons (Fsp3) is 0.417. The molecule has 0 bridgehead atoms. The van der Waals surface area contributed by atoms with Crippen molar-refractivity contribution < 1.29 is 14.6 Å². The van der Waals surface area contributed by atoms with Crippen LogP contribution in [0.5, 0.6) is 0 Å². The summed E-state index contributed by atoms with van der Waals surface area (Å²) in [5.41, 5.74) is 6.75. The molecule has 1 aromatic carbocycles. The minimum absolute atomic E-state index is 0.0350. The Balaban J connectivity index is 2.59. The number of aliphatic carboxylic acids is 1. The maximum Gasteiger partial charge on any atom is 0.304 e. The summed E-state index contributed by atoms with van der Waals surface area (Å²) in [6.45, 7) is 0. The summed E-state index contributed by atoms with van der Waals surface area (Å²) in [7, 11) is 1.60. The molecule has 4 nitrogen and oxygen atoms in total. The molecular weight excluding hydrogens is 206 g/mol. The smallest absolute Gasteiger partial charge is 0.304 e. The maximum atomic E-state index is 10.5. The molecule has 16 heavy (non-hydrogen) atoms. The molecule has 0 aliphatic heterocycles. The number of carboxylic acids is 1. The van der Waals surface area contributed by atoms with Crippen LogP contribution in [0.15, 0.2) is 30.3 Å². The molecule has 1 aromatic rings. The van der Waals surface area contributed by atoms with Gasteiger partial charge < -0.3 is 15.6 Å². The molecule has 0 radical (unpaired) electrons. The van der Waals surface area contributed by atoms with Crippen LogP contribution < -0.4 is 5.73 Å². The fourth-order valence-corrected chi connectivity index (χ4v) is 1.62. The summed E-state index contributed by atoms with van der Waals surface area (Å²) in [6.07, 6.45) is 0.329. The summed E-state index contributed by atoms with van der Waals surface area (Å²) in [5, 5.41) is 8.62. The van der Waals surface area contributed by atoms with Gasteiger partial charge in [0.25, 0.3) is 0 Å². The van der Waals surface area contributed by atoms with Crippen LogP contribution in [0.4, 0.5) is 0 Å². The molecule has 4 heteroatoms. The largest absolute Gasteiger partial charge is 0.481 e. The monoisotopic (exact) mass is 223 g/mol. The van der Waals surface area contributed by atoms with Crippen LogP contribution in [0.1, 0.15) is 24.5 Å². The van der Waals surface area contributed by atoms with Gasteiger partial charge in [-0.1, -0.05) is 30.3 Å². The Kier molecular flexibility index (Phi) is 4.95. The van der Waals surface area contributed by atoms with E-state index in [2.05, 4.69) is 0 Å². The molecule has 0 fully saturated rings. The van der Waals surface area contributed by atoms with Gasteiger partial charge in [0.05, 0.1) is 12.5 Å². The normalized spacial score (nSPS) is 14.4. The number of methoxy groups -OCH3 is 1. The molecule has 0 aliphatic carbocycles. The lowest BCUT2D eigenvalue weighted by atomic mass is 10.0. The second-order valence-corrected chi connectivity index (χ2v) is 3.73. The highest BCUT2D eigenvalue weighted by Crippen LogP contribution is 2.21. The van der Waals surface area contributed by atoms with Crippen molar-refractivity contribution in [2.45, 2.75) is 25.0 Å². The van der Waals surface area contributed by atoms with Crippen molar-refractivity contribution >= 4 is 5.97 Å². The molecule has 0 heterocycles. The van der Waals surface area contributed by atoms with Crippen molar-refractivity contribution in [3.8, 4) is 0 Å². The van der Waals surface area contributed by atoms with Gasteiger partial charge in [0.1, 0.15) is 0 Å². The molecule has 2 atom stereocenters. The van der Waals surface area contributed by atoms with E-state index in [9.17, 15) is 4.79 Å². The summed E-state index contributed by atoms with van der Waals surface area (Å²) in [4.78, 5) is 10.5.